The number of nitrogens with zero attached hydrogens (tertiary/aromatic N) is 1. The van der Waals surface area contributed by atoms with Crippen molar-refractivity contribution >= 4 is 11.9 Å². The summed E-state index contributed by atoms with van der Waals surface area (Å²) in [6.45, 7) is 2.95. The van der Waals surface area contributed by atoms with E-state index in [2.05, 4.69) is 10.3 Å². The Labute approximate surface area is 79.9 Å². The molecule has 14 heavy (non-hydrogen) atoms. The van der Waals surface area contributed by atoms with Gasteiger partial charge in [0.2, 0.25) is 0 Å². The van der Waals surface area contributed by atoms with E-state index in [-0.39, 0.29) is 5.69 Å². The number of aryl methyl sites for hydroxylation is 1. The van der Waals surface area contributed by atoms with Gasteiger partial charge in [-0.1, -0.05) is 0 Å². The fraction of sp³-hybridized carbons (Fsp3) is 0.375. The number of carbonyl (C=O) groups is 2. The molecule has 1 rings (SSSR count). The highest BCUT2D eigenvalue weighted by molar-refractivity contribution is 5.95. The zero-order chi connectivity index (χ0) is 10.7. The molecule has 1 amide bonds. The molecule has 0 aromatic carbocycles. The van der Waals surface area contributed by atoms with Gasteiger partial charge < -0.3 is 14.8 Å². The van der Waals surface area contributed by atoms with Gasteiger partial charge in [0.05, 0.1) is 0 Å². The van der Waals surface area contributed by atoms with E-state index in [4.69, 9.17) is 9.52 Å². The Kier molecular flexibility index (Phi) is 2.85. The lowest BCUT2D eigenvalue weighted by atomic mass is 10.3. The molecule has 0 fully saturated rings. The normalized spacial score (nSPS) is 12.1. The predicted molar refractivity (Wildman–Crippen MR) is 45.8 cm³/mol. The zero-order valence-electron chi connectivity index (χ0n) is 7.77. The van der Waals surface area contributed by atoms with Crippen LogP contribution in [-0.2, 0) is 4.79 Å². The van der Waals surface area contributed by atoms with Gasteiger partial charge in [-0.3, -0.25) is 9.59 Å². The van der Waals surface area contributed by atoms with Crippen LogP contribution in [0.1, 0.15) is 23.2 Å². The fourth-order valence-electron chi connectivity index (χ4n) is 0.850. The van der Waals surface area contributed by atoms with Gasteiger partial charge >= 0.3 is 5.97 Å². The number of amides is 1. The van der Waals surface area contributed by atoms with Crippen molar-refractivity contribution in [3.8, 4) is 0 Å². The highest BCUT2D eigenvalue weighted by Gasteiger charge is 2.18. The first-order chi connectivity index (χ1) is 6.52. The maximum Gasteiger partial charge on any atom is 0.325 e. The molecule has 76 valence electrons. The maximum atomic E-state index is 11.3. The molecule has 6 nitrogen and oxygen atoms in total. The fourth-order valence-corrected chi connectivity index (χ4v) is 0.850. The Morgan fingerprint density at radius 1 is 1.64 bits per heavy atom. The van der Waals surface area contributed by atoms with Crippen LogP contribution in [0, 0.1) is 6.92 Å². The SMILES string of the molecule is Cc1ocnc1C(=O)N[C@H](C)C(=O)O. The second-order valence-electron chi connectivity index (χ2n) is 2.79. The minimum absolute atomic E-state index is 0.109. The molecule has 1 heterocycles. The van der Waals surface area contributed by atoms with Crippen molar-refractivity contribution in [2.75, 3.05) is 0 Å². The Morgan fingerprint density at radius 2 is 2.29 bits per heavy atom. The van der Waals surface area contributed by atoms with Crippen LogP contribution in [-0.4, -0.2) is 28.0 Å². The van der Waals surface area contributed by atoms with Gasteiger partial charge in [-0.05, 0) is 13.8 Å². The second kappa shape index (κ2) is 3.91. The van der Waals surface area contributed by atoms with Crippen molar-refractivity contribution in [2.45, 2.75) is 19.9 Å². The maximum absolute atomic E-state index is 11.3. The molecule has 0 radical (unpaired) electrons. The zero-order valence-corrected chi connectivity index (χ0v) is 7.77. The largest absolute Gasteiger partial charge is 0.480 e. The van der Waals surface area contributed by atoms with Crippen molar-refractivity contribution in [2.24, 2.45) is 0 Å². The van der Waals surface area contributed by atoms with Crippen LogP contribution >= 0.6 is 0 Å². The van der Waals surface area contributed by atoms with Gasteiger partial charge in [-0.25, -0.2) is 4.98 Å². The summed E-state index contributed by atoms with van der Waals surface area (Å²) < 4.78 is 4.81. The molecule has 0 bridgehead atoms. The first kappa shape index (κ1) is 10.2. The predicted octanol–water partition coefficient (Wildman–Crippen LogP) is 0.186. The quantitative estimate of drug-likeness (QED) is 0.723. The highest BCUT2D eigenvalue weighted by Crippen LogP contribution is 2.04. The molecule has 2 N–H and O–H groups in total. The Morgan fingerprint density at radius 3 is 2.71 bits per heavy atom. The number of nitrogens with one attached hydrogen (secondary N) is 1. The van der Waals surface area contributed by atoms with Crippen molar-refractivity contribution in [3.05, 3.63) is 17.8 Å². The van der Waals surface area contributed by atoms with Gasteiger partial charge in [0, 0.05) is 0 Å². The summed E-state index contributed by atoms with van der Waals surface area (Å²) >= 11 is 0. The van der Waals surface area contributed by atoms with Gasteiger partial charge in [-0.2, -0.15) is 0 Å². The second-order valence-corrected chi connectivity index (χ2v) is 2.79. The van der Waals surface area contributed by atoms with E-state index in [0.717, 1.165) is 6.39 Å². The Hall–Kier alpha value is -1.85. The Bertz CT molecular complexity index is 358. The van der Waals surface area contributed by atoms with Gasteiger partial charge in [0.25, 0.3) is 5.91 Å². The van der Waals surface area contributed by atoms with Crippen LogP contribution in [0.3, 0.4) is 0 Å². The molecule has 6 heteroatoms. The van der Waals surface area contributed by atoms with Crippen LogP contribution < -0.4 is 5.32 Å². The molecular weight excluding hydrogens is 188 g/mol. The molecule has 0 saturated heterocycles. The molecule has 0 saturated carbocycles. The molecule has 0 aliphatic rings. The van der Waals surface area contributed by atoms with Crippen LogP contribution in [0.4, 0.5) is 0 Å². The molecule has 0 aliphatic carbocycles. The minimum Gasteiger partial charge on any atom is -0.480 e. The lowest BCUT2D eigenvalue weighted by Gasteiger charge is -2.07. The van der Waals surface area contributed by atoms with E-state index < -0.39 is 17.9 Å². The average molecular weight is 198 g/mol. The number of hydrogen-bond donors (Lipinski definition) is 2. The summed E-state index contributed by atoms with van der Waals surface area (Å²) in [6.07, 6.45) is 1.13. The summed E-state index contributed by atoms with van der Waals surface area (Å²) in [5.41, 5.74) is 0.109. The van der Waals surface area contributed by atoms with Crippen molar-refractivity contribution in [1.29, 1.82) is 0 Å². The smallest absolute Gasteiger partial charge is 0.325 e. The lowest BCUT2D eigenvalue weighted by molar-refractivity contribution is -0.138. The van der Waals surface area contributed by atoms with Crippen molar-refractivity contribution < 1.29 is 19.1 Å². The summed E-state index contributed by atoms with van der Waals surface area (Å²) in [4.78, 5) is 25.4. The number of oxazole rings is 1. The van der Waals surface area contributed by atoms with Crippen molar-refractivity contribution in [1.82, 2.24) is 10.3 Å². The van der Waals surface area contributed by atoms with E-state index in [1.54, 1.807) is 6.92 Å². The number of carbonyl (C=O) groups excluding carboxylic acids is 1. The van der Waals surface area contributed by atoms with Crippen LogP contribution in [0.5, 0.6) is 0 Å². The Balaban J connectivity index is 2.69. The molecule has 0 aliphatic heterocycles. The summed E-state index contributed by atoms with van der Waals surface area (Å²) in [6, 6.07) is -0.946. The van der Waals surface area contributed by atoms with Crippen LogP contribution in [0.25, 0.3) is 0 Å². The van der Waals surface area contributed by atoms with Gasteiger partial charge in [-0.15, -0.1) is 0 Å². The lowest BCUT2D eigenvalue weighted by Crippen LogP contribution is -2.38. The number of aromatic nitrogens is 1. The van der Waals surface area contributed by atoms with Gasteiger partial charge in [0.1, 0.15) is 11.8 Å². The molecule has 0 spiro atoms. The number of carboxylic acid groups (broad SMARTS) is 1. The standard InChI is InChI=1S/C8H10N2O4/c1-4(8(12)13)10-7(11)6-5(2)14-3-9-6/h3-4H,1-2H3,(H,10,11)(H,12,13)/t4-/m1/s1. The third-order valence-corrected chi connectivity index (χ3v) is 1.68. The van der Waals surface area contributed by atoms with E-state index >= 15 is 0 Å². The molecule has 1 aromatic heterocycles. The number of carboxylic acids is 1. The minimum atomic E-state index is -1.10. The molecule has 0 unspecified atom stereocenters. The van der Waals surface area contributed by atoms with E-state index in [0.29, 0.717) is 5.76 Å². The summed E-state index contributed by atoms with van der Waals surface area (Å²) in [5.74, 6) is -1.29. The van der Waals surface area contributed by atoms with Crippen molar-refractivity contribution in [3.63, 3.8) is 0 Å². The highest BCUT2D eigenvalue weighted by atomic mass is 16.4. The summed E-state index contributed by atoms with van der Waals surface area (Å²) in [7, 11) is 0. The van der Waals surface area contributed by atoms with Crippen LogP contribution in [0.15, 0.2) is 10.8 Å². The topological polar surface area (TPSA) is 92.4 Å². The van der Waals surface area contributed by atoms with E-state index in [1.807, 2.05) is 0 Å². The first-order valence-corrected chi connectivity index (χ1v) is 3.96. The molecular formula is C8H10N2O4. The number of aliphatic carboxylic acids is 1. The van der Waals surface area contributed by atoms with Gasteiger partial charge in [0.15, 0.2) is 12.1 Å². The summed E-state index contributed by atoms with van der Waals surface area (Å²) in [5, 5.41) is 10.8. The molecule has 1 atom stereocenters. The number of hydrogen-bond acceptors (Lipinski definition) is 4. The number of rotatable bonds is 3. The average Bonchev–Trinajstić information content (AvgIpc) is 2.51. The third kappa shape index (κ3) is 2.09. The molecule has 1 aromatic rings. The first-order valence-electron chi connectivity index (χ1n) is 3.96. The van der Waals surface area contributed by atoms with Crippen LogP contribution in [0.2, 0.25) is 0 Å². The van der Waals surface area contributed by atoms with E-state index in [1.165, 1.54) is 6.92 Å². The third-order valence-electron chi connectivity index (χ3n) is 1.68. The monoisotopic (exact) mass is 198 g/mol. The van der Waals surface area contributed by atoms with E-state index in [9.17, 15) is 9.59 Å².